The molecule has 0 spiro atoms. The van der Waals surface area contributed by atoms with E-state index in [0.29, 0.717) is 19.5 Å². The maximum Gasteiger partial charge on any atom is 0.309 e. The molecular formula is C12H24N2O3. The fraction of sp³-hybridized carbons (Fsp3) is 0.833. The Labute approximate surface area is 103 Å². The van der Waals surface area contributed by atoms with Gasteiger partial charge in [-0.25, -0.2) is 0 Å². The molecule has 0 saturated heterocycles. The third kappa shape index (κ3) is 7.74. The largest absolute Gasteiger partial charge is 0.469 e. The highest BCUT2D eigenvalue weighted by atomic mass is 16.5. The van der Waals surface area contributed by atoms with Gasteiger partial charge in [-0.1, -0.05) is 13.8 Å². The smallest absolute Gasteiger partial charge is 0.309 e. The Bertz CT molecular complexity index is 244. The molecule has 0 aliphatic rings. The molecule has 0 fully saturated rings. The number of hydrogen-bond donors (Lipinski definition) is 2. The molecule has 0 rings (SSSR count). The lowest BCUT2D eigenvalue weighted by Gasteiger charge is -2.12. The lowest BCUT2D eigenvalue weighted by molar-refractivity contribution is -0.144. The minimum atomic E-state index is -0.235. The Hall–Kier alpha value is -1.10. The van der Waals surface area contributed by atoms with Crippen LogP contribution in [0.15, 0.2) is 0 Å². The number of hydrogen-bond acceptors (Lipinski definition) is 4. The minimum absolute atomic E-state index is 0.0394. The van der Waals surface area contributed by atoms with Gasteiger partial charge in [0.25, 0.3) is 0 Å². The van der Waals surface area contributed by atoms with Crippen LogP contribution in [-0.4, -0.2) is 38.1 Å². The molecule has 0 bridgehead atoms. The van der Waals surface area contributed by atoms with Gasteiger partial charge in [-0.05, 0) is 13.3 Å². The van der Waals surface area contributed by atoms with Crippen molar-refractivity contribution in [1.82, 2.24) is 10.6 Å². The normalized spacial score (nSPS) is 13.9. The van der Waals surface area contributed by atoms with Gasteiger partial charge >= 0.3 is 5.97 Å². The molecule has 0 heterocycles. The molecule has 1 amide bonds. The first-order valence-corrected chi connectivity index (χ1v) is 6.09. The predicted octanol–water partition coefficient (Wildman–Crippen LogP) is 0.690. The number of carbonyl (C=O) groups excluding carboxylic acids is 2. The van der Waals surface area contributed by atoms with Gasteiger partial charge in [0.2, 0.25) is 5.91 Å². The van der Waals surface area contributed by atoms with Crippen molar-refractivity contribution in [1.29, 1.82) is 0 Å². The number of methoxy groups -OCH3 is 1. The summed E-state index contributed by atoms with van der Waals surface area (Å²) in [7, 11) is 1.37. The van der Waals surface area contributed by atoms with Crippen LogP contribution in [0.1, 0.15) is 33.6 Å². The van der Waals surface area contributed by atoms with Gasteiger partial charge in [0.15, 0.2) is 0 Å². The molecule has 0 aliphatic carbocycles. The van der Waals surface area contributed by atoms with Crippen molar-refractivity contribution in [2.45, 2.75) is 39.7 Å². The van der Waals surface area contributed by atoms with E-state index in [-0.39, 0.29) is 23.8 Å². The first-order chi connectivity index (χ1) is 8.01. The van der Waals surface area contributed by atoms with E-state index < -0.39 is 0 Å². The van der Waals surface area contributed by atoms with Gasteiger partial charge in [-0.15, -0.1) is 0 Å². The first-order valence-electron chi connectivity index (χ1n) is 6.09. The Morgan fingerprint density at radius 1 is 1.29 bits per heavy atom. The average molecular weight is 244 g/mol. The molecule has 2 atom stereocenters. The summed E-state index contributed by atoms with van der Waals surface area (Å²) < 4.78 is 4.60. The summed E-state index contributed by atoms with van der Waals surface area (Å²) in [4.78, 5) is 22.5. The van der Waals surface area contributed by atoms with Crippen molar-refractivity contribution in [2.75, 3.05) is 20.2 Å². The van der Waals surface area contributed by atoms with E-state index >= 15 is 0 Å². The Balaban J connectivity index is 3.57. The van der Waals surface area contributed by atoms with Crippen LogP contribution in [0.25, 0.3) is 0 Å². The van der Waals surface area contributed by atoms with E-state index in [1.165, 1.54) is 7.11 Å². The summed E-state index contributed by atoms with van der Waals surface area (Å²) in [5.41, 5.74) is 0. The molecule has 0 saturated carbocycles. The van der Waals surface area contributed by atoms with Crippen LogP contribution in [0.2, 0.25) is 0 Å². The van der Waals surface area contributed by atoms with E-state index in [1.807, 2.05) is 13.8 Å². The molecule has 5 nitrogen and oxygen atoms in total. The van der Waals surface area contributed by atoms with Gasteiger partial charge in [-0.2, -0.15) is 0 Å². The maximum absolute atomic E-state index is 11.4. The quantitative estimate of drug-likeness (QED) is 0.487. The van der Waals surface area contributed by atoms with Gasteiger partial charge < -0.3 is 15.4 Å². The second-order valence-corrected chi connectivity index (χ2v) is 4.26. The molecule has 0 radical (unpaired) electrons. The molecule has 0 aliphatic heterocycles. The third-order valence-corrected chi connectivity index (χ3v) is 2.60. The van der Waals surface area contributed by atoms with Gasteiger partial charge in [0.05, 0.1) is 13.0 Å². The topological polar surface area (TPSA) is 67.4 Å². The molecular weight excluding hydrogens is 220 g/mol. The monoisotopic (exact) mass is 244 g/mol. The summed E-state index contributed by atoms with van der Waals surface area (Å²) in [5.74, 6) is -0.378. The number of esters is 1. The third-order valence-electron chi connectivity index (χ3n) is 2.60. The van der Waals surface area contributed by atoms with Crippen LogP contribution in [0, 0.1) is 5.92 Å². The summed E-state index contributed by atoms with van der Waals surface area (Å²) >= 11 is 0. The zero-order chi connectivity index (χ0) is 13.3. The van der Waals surface area contributed by atoms with Gasteiger partial charge in [-0.3, -0.25) is 9.59 Å². The van der Waals surface area contributed by atoms with Crippen LogP contribution in [0.5, 0.6) is 0 Å². The fourth-order valence-corrected chi connectivity index (χ4v) is 1.25. The molecule has 0 aromatic heterocycles. The van der Waals surface area contributed by atoms with Crippen LogP contribution in [0.3, 0.4) is 0 Å². The van der Waals surface area contributed by atoms with Crippen molar-refractivity contribution in [2.24, 2.45) is 5.92 Å². The minimum Gasteiger partial charge on any atom is -0.469 e. The Morgan fingerprint density at radius 2 is 1.94 bits per heavy atom. The standard InChI is InChI=1S/C12H24N2O3/c1-5-10(3)14-11(15)6-7-13-8-9(2)12(16)17-4/h9-10,13H,5-8H2,1-4H3,(H,14,15). The zero-order valence-corrected chi connectivity index (χ0v) is 11.2. The second-order valence-electron chi connectivity index (χ2n) is 4.26. The molecule has 0 aromatic rings. The Morgan fingerprint density at radius 3 is 2.47 bits per heavy atom. The highest BCUT2D eigenvalue weighted by Gasteiger charge is 2.12. The lowest BCUT2D eigenvalue weighted by Crippen LogP contribution is -2.35. The highest BCUT2D eigenvalue weighted by Crippen LogP contribution is 1.95. The molecule has 0 aromatic carbocycles. The summed E-state index contributed by atoms with van der Waals surface area (Å²) in [6, 6.07) is 0.219. The van der Waals surface area contributed by atoms with E-state index in [2.05, 4.69) is 15.4 Å². The van der Waals surface area contributed by atoms with E-state index in [0.717, 1.165) is 6.42 Å². The van der Waals surface area contributed by atoms with E-state index in [1.54, 1.807) is 6.92 Å². The second kappa shape index (κ2) is 8.98. The number of carbonyl (C=O) groups is 2. The van der Waals surface area contributed by atoms with Crippen LogP contribution in [-0.2, 0) is 14.3 Å². The van der Waals surface area contributed by atoms with Gasteiger partial charge in [0, 0.05) is 25.6 Å². The summed E-state index contributed by atoms with van der Waals surface area (Å²) in [6.07, 6.45) is 1.36. The molecule has 2 N–H and O–H groups in total. The van der Waals surface area contributed by atoms with Crippen molar-refractivity contribution in [3.63, 3.8) is 0 Å². The van der Waals surface area contributed by atoms with Gasteiger partial charge in [0.1, 0.15) is 0 Å². The van der Waals surface area contributed by atoms with Crippen LogP contribution >= 0.6 is 0 Å². The van der Waals surface area contributed by atoms with E-state index in [4.69, 9.17) is 0 Å². The number of nitrogens with one attached hydrogen (secondary N) is 2. The first kappa shape index (κ1) is 15.9. The fourth-order valence-electron chi connectivity index (χ4n) is 1.25. The van der Waals surface area contributed by atoms with E-state index in [9.17, 15) is 9.59 Å². The van der Waals surface area contributed by atoms with Crippen molar-refractivity contribution in [3.8, 4) is 0 Å². The number of amides is 1. The summed E-state index contributed by atoms with van der Waals surface area (Å²) in [6.45, 7) is 6.90. The maximum atomic E-state index is 11.4. The SMILES string of the molecule is CCC(C)NC(=O)CCNCC(C)C(=O)OC. The van der Waals surface area contributed by atoms with Crippen molar-refractivity contribution in [3.05, 3.63) is 0 Å². The average Bonchev–Trinajstić information content (AvgIpc) is 2.32. The zero-order valence-electron chi connectivity index (χ0n) is 11.2. The summed E-state index contributed by atoms with van der Waals surface area (Å²) in [5, 5.41) is 5.94. The number of rotatable bonds is 8. The van der Waals surface area contributed by atoms with Crippen LogP contribution in [0.4, 0.5) is 0 Å². The predicted molar refractivity (Wildman–Crippen MR) is 66.6 cm³/mol. The van der Waals surface area contributed by atoms with Crippen molar-refractivity contribution < 1.29 is 14.3 Å². The molecule has 17 heavy (non-hydrogen) atoms. The van der Waals surface area contributed by atoms with Crippen molar-refractivity contribution >= 4 is 11.9 Å². The van der Waals surface area contributed by atoms with Crippen LogP contribution < -0.4 is 10.6 Å². The Kier molecular flexibility index (Phi) is 8.40. The number of ether oxygens (including phenoxy) is 1. The highest BCUT2D eigenvalue weighted by molar-refractivity contribution is 5.76. The molecule has 100 valence electrons. The lowest BCUT2D eigenvalue weighted by atomic mass is 10.2. The molecule has 5 heteroatoms. The molecule has 2 unspecified atom stereocenters.